The summed E-state index contributed by atoms with van der Waals surface area (Å²) in [5.74, 6) is -0.284. The van der Waals surface area contributed by atoms with Crippen LogP contribution in [0.25, 0.3) is 0 Å². The Morgan fingerprint density at radius 2 is 1.87 bits per heavy atom. The van der Waals surface area contributed by atoms with Crippen LogP contribution in [0.4, 0.5) is 13.2 Å². The smallest absolute Gasteiger partial charge is 0.339 e. The molecule has 1 fully saturated rings. The summed E-state index contributed by atoms with van der Waals surface area (Å²) in [5.41, 5.74) is 2.51. The van der Waals surface area contributed by atoms with Crippen molar-refractivity contribution in [3.05, 3.63) is 58.7 Å². The molecule has 30 heavy (non-hydrogen) atoms. The fourth-order valence-electron chi connectivity index (χ4n) is 4.54. The average molecular weight is 422 g/mol. The molecule has 0 saturated carbocycles. The standard InChI is InChI=1S/C23H30F3N3O/c1-16(19-10-11-28(3)15-18(19)14-27-2)22(30)29-12-8-17(9-13-29)20-6-4-5-7-21(20)23(24,25)26/h4-7,17,27H,1,8-15H2,2-3H3. The molecular formula is C23H30F3N3O. The minimum absolute atomic E-state index is 0.0919. The van der Waals surface area contributed by atoms with Crippen LogP contribution in [-0.2, 0) is 11.0 Å². The van der Waals surface area contributed by atoms with E-state index in [4.69, 9.17) is 0 Å². The maximum Gasteiger partial charge on any atom is 0.416 e. The molecule has 1 saturated heterocycles. The van der Waals surface area contributed by atoms with Crippen LogP contribution in [0.5, 0.6) is 0 Å². The van der Waals surface area contributed by atoms with E-state index >= 15 is 0 Å². The predicted molar refractivity (Wildman–Crippen MR) is 112 cm³/mol. The lowest BCUT2D eigenvalue weighted by Gasteiger charge is -2.35. The summed E-state index contributed by atoms with van der Waals surface area (Å²) in [6.07, 6.45) is -2.52. The molecule has 1 aromatic rings. The number of likely N-dealkylation sites (N-methyl/N-ethyl adjacent to an activating group) is 2. The number of nitrogens with zero attached hydrogens (tertiary/aromatic N) is 2. The zero-order valence-electron chi connectivity index (χ0n) is 17.7. The van der Waals surface area contributed by atoms with E-state index in [2.05, 4.69) is 23.8 Å². The number of benzene rings is 1. The van der Waals surface area contributed by atoms with Crippen LogP contribution in [-0.4, -0.2) is 62.5 Å². The summed E-state index contributed by atoms with van der Waals surface area (Å²) in [6.45, 7) is 7.38. The maximum atomic E-state index is 13.4. The number of alkyl halides is 3. The van der Waals surface area contributed by atoms with E-state index in [9.17, 15) is 18.0 Å². The molecule has 0 atom stereocenters. The maximum absolute atomic E-state index is 13.4. The lowest BCUT2D eigenvalue weighted by molar-refractivity contribution is -0.138. The number of carbonyl (C=O) groups is 1. The van der Waals surface area contributed by atoms with Gasteiger partial charge in [0.1, 0.15) is 0 Å². The number of likely N-dealkylation sites (tertiary alicyclic amines) is 1. The highest BCUT2D eigenvalue weighted by molar-refractivity contribution is 5.97. The van der Waals surface area contributed by atoms with Gasteiger partial charge in [-0.25, -0.2) is 0 Å². The first-order valence-corrected chi connectivity index (χ1v) is 10.4. The zero-order chi connectivity index (χ0) is 21.9. The molecule has 1 aromatic carbocycles. The van der Waals surface area contributed by atoms with Crippen LogP contribution in [0.1, 0.15) is 36.3 Å². The van der Waals surface area contributed by atoms with Crippen LogP contribution in [0.2, 0.25) is 0 Å². The quantitative estimate of drug-likeness (QED) is 0.735. The molecule has 0 radical (unpaired) electrons. The van der Waals surface area contributed by atoms with Crippen LogP contribution in [0.3, 0.4) is 0 Å². The largest absolute Gasteiger partial charge is 0.416 e. The SMILES string of the molecule is C=C(C(=O)N1CCC(c2ccccc2C(F)(F)F)CC1)C1=C(CNC)CN(C)CC1. The Labute approximate surface area is 176 Å². The molecule has 1 amide bonds. The molecule has 4 nitrogen and oxygen atoms in total. The number of nitrogens with one attached hydrogen (secondary N) is 1. The summed E-state index contributed by atoms with van der Waals surface area (Å²) < 4.78 is 40.1. The summed E-state index contributed by atoms with van der Waals surface area (Å²) in [6, 6.07) is 5.79. The van der Waals surface area contributed by atoms with Crippen molar-refractivity contribution < 1.29 is 18.0 Å². The normalized spacial score (nSPS) is 19.3. The predicted octanol–water partition coefficient (Wildman–Crippen LogP) is 3.82. The third-order valence-corrected chi connectivity index (χ3v) is 6.13. The van der Waals surface area contributed by atoms with Crippen molar-refractivity contribution in [2.45, 2.75) is 31.4 Å². The molecule has 0 aromatic heterocycles. The second-order valence-electron chi connectivity index (χ2n) is 8.23. The molecule has 7 heteroatoms. The van der Waals surface area contributed by atoms with Crippen molar-refractivity contribution in [3.8, 4) is 0 Å². The molecule has 0 bridgehead atoms. The Hall–Kier alpha value is -2.12. The van der Waals surface area contributed by atoms with E-state index in [-0.39, 0.29) is 11.8 Å². The molecule has 2 aliphatic rings. The molecular weight excluding hydrogens is 391 g/mol. The molecule has 164 valence electrons. The highest BCUT2D eigenvalue weighted by atomic mass is 19.4. The van der Waals surface area contributed by atoms with Gasteiger partial charge >= 0.3 is 6.18 Å². The Morgan fingerprint density at radius 1 is 1.20 bits per heavy atom. The van der Waals surface area contributed by atoms with E-state index < -0.39 is 11.7 Å². The van der Waals surface area contributed by atoms with Gasteiger partial charge in [0.25, 0.3) is 5.91 Å². The van der Waals surface area contributed by atoms with E-state index in [1.165, 1.54) is 11.6 Å². The number of piperidine rings is 1. The van der Waals surface area contributed by atoms with Crippen molar-refractivity contribution in [3.63, 3.8) is 0 Å². The molecule has 3 rings (SSSR count). The molecule has 1 N–H and O–H groups in total. The Balaban J connectivity index is 1.69. The second-order valence-corrected chi connectivity index (χ2v) is 8.23. The van der Waals surface area contributed by atoms with Crippen molar-refractivity contribution in [2.24, 2.45) is 0 Å². The fraction of sp³-hybridized carbons (Fsp3) is 0.522. The first kappa shape index (κ1) is 22.6. The number of amides is 1. The van der Waals surface area contributed by atoms with Crippen LogP contribution in [0.15, 0.2) is 47.6 Å². The molecule has 2 heterocycles. The van der Waals surface area contributed by atoms with Gasteiger partial charge in [-0.15, -0.1) is 0 Å². The minimum atomic E-state index is -4.36. The third kappa shape index (κ3) is 4.95. The van der Waals surface area contributed by atoms with Gasteiger partial charge in [-0.1, -0.05) is 24.8 Å². The third-order valence-electron chi connectivity index (χ3n) is 6.13. The van der Waals surface area contributed by atoms with Crippen LogP contribution < -0.4 is 5.32 Å². The summed E-state index contributed by atoms with van der Waals surface area (Å²) >= 11 is 0. The van der Waals surface area contributed by atoms with Gasteiger partial charge in [-0.05, 0) is 62.1 Å². The Kier molecular flexibility index (Phi) is 7.03. The van der Waals surface area contributed by atoms with Crippen LogP contribution >= 0.6 is 0 Å². The van der Waals surface area contributed by atoms with Crippen molar-refractivity contribution in [1.82, 2.24) is 15.1 Å². The molecule has 0 unspecified atom stereocenters. The highest BCUT2D eigenvalue weighted by Crippen LogP contribution is 2.39. The Bertz CT molecular complexity index is 823. The number of hydrogen-bond donors (Lipinski definition) is 1. The van der Waals surface area contributed by atoms with Gasteiger partial charge in [-0.2, -0.15) is 13.2 Å². The first-order valence-electron chi connectivity index (χ1n) is 10.4. The van der Waals surface area contributed by atoms with Crippen molar-refractivity contribution in [2.75, 3.05) is 46.8 Å². The van der Waals surface area contributed by atoms with Crippen molar-refractivity contribution >= 4 is 5.91 Å². The van der Waals surface area contributed by atoms with E-state index in [0.717, 1.165) is 31.1 Å². The Morgan fingerprint density at radius 3 is 2.50 bits per heavy atom. The molecule has 0 spiro atoms. The lowest BCUT2D eigenvalue weighted by atomic mass is 9.85. The van der Waals surface area contributed by atoms with Gasteiger partial charge in [0.05, 0.1) is 5.56 Å². The summed E-state index contributed by atoms with van der Waals surface area (Å²) in [7, 11) is 3.94. The number of carbonyl (C=O) groups excluding carboxylic acids is 1. The highest BCUT2D eigenvalue weighted by Gasteiger charge is 2.36. The van der Waals surface area contributed by atoms with E-state index in [0.29, 0.717) is 43.6 Å². The zero-order valence-corrected chi connectivity index (χ0v) is 17.7. The summed E-state index contributed by atoms with van der Waals surface area (Å²) in [5, 5.41) is 3.16. The number of hydrogen-bond acceptors (Lipinski definition) is 3. The van der Waals surface area contributed by atoms with E-state index in [1.807, 2.05) is 7.05 Å². The van der Waals surface area contributed by atoms with Gasteiger partial charge in [0.15, 0.2) is 0 Å². The van der Waals surface area contributed by atoms with E-state index in [1.54, 1.807) is 17.0 Å². The van der Waals surface area contributed by atoms with Gasteiger partial charge in [0, 0.05) is 38.3 Å². The number of halogens is 3. The molecule has 0 aliphatic carbocycles. The first-order chi connectivity index (χ1) is 14.2. The lowest BCUT2D eigenvalue weighted by Crippen LogP contribution is -2.40. The van der Waals surface area contributed by atoms with Gasteiger partial charge in [0.2, 0.25) is 0 Å². The number of rotatable bonds is 5. The average Bonchev–Trinajstić information content (AvgIpc) is 2.73. The van der Waals surface area contributed by atoms with Gasteiger partial charge in [-0.3, -0.25) is 4.79 Å². The van der Waals surface area contributed by atoms with Gasteiger partial charge < -0.3 is 15.1 Å². The van der Waals surface area contributed by atoms with Crippen molar-refractivity contribution in [1.29, 1.82) is 0 Å². The minimum Gasteiger partial charge on any atom is -0.339 e. The fourth-order valence-corrected chi connectivity index (χ4v) is 4.54. The molecule has 2 aliphatic heterocycles. The summed E-state index contributed by atoms with van der Waals surface area (Å²) in [4.78, 5) is 17.0. The topological polar surface area (TPSA) is 35.6 Å². The second kappa shape index (κ2) is 9.35. The monoisotopic (exact) mass is 421 g/mol. The van der Waals surface area contributed by atoms with Crippen LogP contribution in [0, 0.1) is 0 Å².